The minimum Gasteiger partial charge on any atom is -0.872 e. The summed E-state index contributed by atoms with van der Waals surface area (Å²) in [4.78, 5) is 10.4. The number of aliphatic imine (C=N–C) groups is 2. The van der Waals surface area contributed by atoms with Crippen molar-refractivity contribution in [2.24, 2.45) is 9.98 Å². The maximum absolute atomic E-state index is 11.6. The number of ether oxygens (including phenoxy) is 1. The summed E-state index contributed by atoms with van der Waals surface area (Å²) in [5, 5.41) is 38.4. The molecule has 0 heterocycles. The van der Waals surface area contributed by atoms with Gasteiger partial charge in [-0.2, -0.15) is 0 Å². The molecule has 0 spiro atoms. The fraction of sp³-hybridized carbons (Fsp3) is 0.258. The molecule has 0 aromatic heterocycles. The van der Waals surface area contributed by atoms with Gasteiger partial charge in [-0.25, -0.2) is 0 Å². The van der Waals surface area contributed by atoms with Gasteiger partial charge >= 0.3 is 0 Å². The van der Waals surface area contributed by atoms with E-state index in [-0.39, 0.29) is 55.7 Å². The molecule has 8 aromatic rings. The monoisotopic (exact) mass is 960 g/mol. The number of aromatic hydroxyl groups is 2. The molecule has 0 saturated carbocycles. The summed E-state index contributed by atoms with van der Waals surface area (Å²) in [6.07, 6.45) is 3.62. The summed E-state index contributed by atoms with van der Waals surface area (Å²) in [5.74, 6) is 1.94. The van der Waals surface area contributed by atoms with Crippen molar-refractivity contribution in [1.82, 2.24) is 0 Å². The van der Waals surface area contributed by atoms with Crippen molar-refractivity contribution < 1.29 is 36.8 Å². The van der Waals surface area contributed by atoms with Crippen molar-refractivity contribution in [1.29, 1.82) is 0 Å². The van der Waals surface area contributed by atoms with Crippen LogP contribution in [0.1, 0.15) is 116 Å². The van der Waals surface area contributed by atoms with Gasteiger partial charge in [0.05, 0.1) is 11.4 Å². The molecule has 8 aromatic carbocycles. The molecule has 0 aliphatic heterocycles. The molecule has 0 fully saturated rings. The summed E-state index contributed by atoms with van der Waals surface area (Å²) in [7, 11) is 0. The Kier molecular flexibility index (Phi) is 15.4. The van der Waals surface area contributed by atoms with Gasteiger partial charge in [0.1, 0.15) is 23.0 Å². The molecule has 6 nitrogen and oxygen atoms in total. The average molecular weight is 961 g/mol. The second-order valence-corrected chi connectivity index (χ2v) is 21.7. The van der Waals surface area contributed by atoms with Gasteiger partial charge in [0, 0.05) is 62.6 Å². The Morgan fingerprint density at radius 2 is 0.812 bits per heavy atom. The smallest absolute Gasteiger partial charge is 0.128 e. The zero-order chi connectivity index (χ0) is 49.2. The summed E-state index contributed by atoms with van der Waals surface area (Å²) in [6, 6.07) is 49.2. The molecular formula is C62H65CoN2O4-. The van der Waals surface area contributed by atoms with Crippen LogP contribution in [0.3, 0.4) is 0 Å². The van der Waals surface area contributed by atoms with E-state index in [1.807, 2.05) is 42.8 Å². The van der Waals surface area contributed by atoms with Crippen LogP contribution in [-0.2, 0) is 38.4 Å². The van der Waals surface area contributed by atoms with E-state index in [0.29, 0.717) is 16.9 Å². The van der Waals surface area contributed by atoms with Gasteiger partial charge in [0.2, 0.25) is 0 Å². The number of benzene rings is 8. The molecule has 7 heteroatoms. The van der Waals surface area contributed by atoms with E-state index in [1.54, 1.807) is 12.1 Å². The minimum absolute atomic E-state index is 0. The first kappa shape index (κ1) is 51.7. The van der Waals surface area contributed by atoms with E-state index < -0.39 is 0 Å². The van der Waals surface area contributed by atoms with E-state index in [9.17, 15) is 15.3 Å². The van der Waals surface area contributed by atoms with Gasteiger partial charge in [-0.05, 0) is 103 Å². The third kappa shape index (κ3) is 12.1. The van der Waals surface area contributed by atoms with Crippen molar-refractivity contribution in [3.63, 3.8) is 0 Å². The number of hydrogen-bond donors (Lipinski definition) is 2. The standard InChI is InChI=1S/C50H56N2O2.C12H10O2.Co/c1-47(2,3)35-25-33(45(53)39(27-35)49(7,8)9)29-51-41-23-21-31-17-13-15-19-37(31)43(41)44-38-20-16-14-18-32(38)22-24-42(44)52-30-34-26-36(48(4,5)6)28-40(46(34)54)50(10,11)12;13-10-6-8-12(9-7-10)14-11-4-2-1-3-5-11;/h13-30,53-54H,1-12H3;1-9,13H;/p-1. The molecule has 0 bridgehead atoms. The van der Waals surface area contributed by atoms with Crippen LogP contribution in [-0.4, -0.2) is 22.6 Å². The Morgan fingerprint density at radius 1 is 0.435 bits per heavy atom. The van der Waals surface area contributed by atoms with Crippen molar-refractivity contribution in [2.75, 3.05) is 0 Å². The first-order chi connectivity index (χ1) is 32.0. The molecule has 1 radical (unpaired) electrons. The number of hydrogen-bond acceptors (Lipinski definition) is 6. The maximum Gasteiger partial charge on any atom is 0.128 e. The molecule has 69 heavy (non-hydrogen) atoms. The maximum atomic E-state index is 11.6. The van der Waals surface area contributed by atoms with Gasteiger partial charge in [0.15, 0.2) is 0 Å². The number of para-hydroxylation sites is 1. The van der Waals surface area contributed by atoms with Crippen LogP contribution in [0, 0.1) is 0 Å². The van der Waals surface area contributed by atoms with Crippen LogP contribution in [0.15, 0.2) is 162 Å². The predicted octanol–water partition coefficient (Wildman–Crippen LogP) is 16.3. The summed E-state index contributed by atoms with van der Waals surface area (Å²) >= 11 is 0. The fourth-order valence-electron chi connectivity index (χ4n) is 8.19. The van der Waals surface area contributed by atoms with Crippen LogP contribution < -0.4 is 9.84 Å². The van der Waals surface area contributed by atoms with Crippen LogP contribution in [0.5, 0.6) is 28.7 Å². The summed E-state index contributed by atoms with van der Waals surface area (Å²) in [6.45, 7) is 25.9. The van der Waals surface area contributed by atoms with Crippen LogP contribution in [0.25, 0.3) is 32.7 Å². The number of phenols is 2. The number of phenolic OH excluding ortho intramolecular Hbond substituents is 2. The van der Waals surface area contributed by atoms with Crippen molar-refractivity contribution >= 4 is 45.3 Å². The second-order valence-electron chi connectivity index (χ2n) is 21.7. The van der Waals surface area contributed by atoms with Gasteiger partial charge < -0.3 is 20.1 Å². The van der Waals surface area contributed by atoms with Gasteiger partial charge in [-0.1, -0.05) is 186 Å². The first-order valence-corrected chi connectivity index (χ1v) is 23.4. The van der Waals surface area contributed by atoms with E-state index in [1.165, 1.54) is 12.1 Å². The predicted molar refractivity (Wildman–Crippen MR) is 285 cm³/mol. The molecule has 0 aliphatic rings. The van der Waals surface area contributed by atoms with Crippen LogP contribution in [0.2, 0.25) is 0 Å². The topological polar surface area (TPSA) is 97.5 Å². The molecule has 2 N–H and O–H groups in total. The third-order valence-corrected chi connectivity index (χ3v) is 12.2. The second kappa shape index (κ2) is 20.5. The molecule has 8 rings (SSSR count). The quantitative estimate of drug-likeness (QED) is 0.156. The van der Waals surface area contributed by atoms with Crippen LogP contribution in [0.4, 0.5) is 11.4 Å². The molecule has 0 saturated heterocycles. The van der Waals surface area contributed by atoms with E-state index >= 15 is 0 Å². The van der Waals surface area contributed by atoms with E-state index in [4.69, 9.17) is 14.7 Å². The average Bonchev–Trinajstić information content (AvgIpc) is 3.28. The summed E-state index contributed by atoms with van der Waals surface area (Å²) < 4.78 is 5.49. The van der Waals surface area contributed by atoms with Crippen molar-refractivity contribution in [2.45, 2.75) is 105 Å². The molecule has 0 unspecified atom stereocenters. The Bertz CT molecular complexity index is 2970. The van der Waals surface area contributed by atoms with Gasteiger partial charge in [0.25, 0.3) is 0 Å². The van der Waals surface area contributed by atoms with E-state index in [2.05, 4.69) is 180 Å². The molecule has 357 valence electrons. The minimum atomic E-state index is -0.258. The SMILES string of the molecule is CC(C)(C)c1cc(C=Nc2ccc3ccccc3c2-c2c(N=Cc3cc(C(C)(C)C)cc(C(C)(C)C)c3O)ccc3ccccc23)c(O)c(C(C)(C)C)c1.[Co].[O-]c1ccc(Oc2ccccc2)cc1. The van der Waals surface area contributed by atoms with Gasteiger partial charge in [-0.3, -0.25) is 9.98 Å². The van der Waals surface area contributed by atoms with Crippen molar-refractivity contribution in [3.8, 4) is 39.9 Å². The van der Waals surface area contributed by atoms with Gasteiger partial charge in [-0.15, -0.1) is 5.75 Å². The first-order valence-electron chi connectivity index (χ1n) is 23.4. The zero-order valence-electron chi connectivity index (χ0n) is 42.0. The number of nitrogens with zero attached hydrogens (tertiary/aromatic N) is 2. The zero-order valence-corrected chi connectivity index (χ0v) is 43.1. The molecule has 0 atom stereocenters. The Balaban J connectivity index is 0.000000445. The fourth-order valence-corrected chi connectivity index (χ4v) is 8.19. The van der Waals surface area contributed by atoms with E-state index in [0.717, 1.165) is 72.0 Å². The van der Waals surface area contributed by atoms with Crippen molar-refractivity contribution in [3.05, 3.63) is 185 Å². The number of fused-ring (bicyclic) bond motifs is 2. The Labute approximate surface area is 419 Å². The molecule has 0 aliphatic carbocycles. The normalized spacial score (nSPS) is 12.3. The number of rotatable bonds is 7. The Morgan fingerprint density at radius 3 is 1.20 bits per heavy atom. The molecule has 0 amide bonds. The largest absolute Gasteiger partial charge is 0.872 e. The Hall–Kier alpha value is -6.67. The molecular weight excluding hydrogens is 896 g/mol. The third-order valence-electron chi connectivity index (χ3n) is 12.2. The summed E-state index contributed by atoms with van der Waals surface area (Å²) in [5.41, 5.74) is 8.16. The van der Waals surface area contributed by atoms with Crippen LogP contribution >= 0.6 is 0 Å².